The molecule has 110 valence electrons. The van der Waals surface area contributed by atoms with Gasteiger partial charge in [0.05, 0.1) is 5.60 Å². The molecule has 1 aromatic rings. The average molecular weight is 277 g/mol. The van der Waals surface area contributed by atoms with Crippen molar-refractivity contribution in [3.63, 3.8) is 0 Å². The summed E-state index contributed by atoms with van der Waals surface area (Å²) in [5, 5.41) is 6.01. The van der Waals surface area contributed by atoms with Gasteiger partial charge in [-0.3, -0.25) is 4.79 Å². The van der Waals surface area contributed by atoms with Crippen molar-refractivity contribution in [1.82, 2.24) is 10.6 Å². The lowest BCUT2D eigenvalue weighted by atomic mass is 10.0. The largest absolute Gasteiger partial charge is 0.378 e. The summed E-state index contributed by atoms with van der Waals surface area (Å²) in [7, 11) is 4.01. The van der Waals surface area contributed by atoms with Gasteiger partial charge in [0.15, 0.2) is 0 Å². The third-order valence-electron chi connectivity index (χ3n) is 3.49. The Kier molecular flexibility index (Phi) is 4.62. The maximum absolute atomic E-state index is 11.7. The Morgan fingerprint density at radius 2 is 2.00 bits per heavy atom. The molecule has 2 rings (SSSR count). The van der Waals surface area contributed by atoms with Gasteiger partial charge in [0, 0.05) is 39.4 Å². The molecule has 2 N–H and O–H groups in total. The second kappa shape index (κ2) is 6.24. The summed E-state index contributed by atoms with van der Waals surface area (Å²) in [6.45, 7) is 4.29. The molecule has 20 heavy (non-hydrogen) atoms. The molecule has 1 fully saturated rings. The molecule has 0 unspecified atom stereocenters. The quantitative estimate of drug-likeness (QED) is 0.805. The Bertz CT molecular complexity index is 453. The van der Waals surface area contributed by atoms with Gasteiger partial charge in [-0.05, 0) is 24.6 Å². The van der Waals surface area contributed by atoms with Crippen LogP contribution in [0.25, 0.3) is 0 Å². The third kappa shape index (κ3) is 3.95. The van der Waals surface area contributed by atoms with Crippen LogP contribution in [0.3, 0.4) is 0 Å². The number of carbonyl (C=O) groups is 1. The standard InChI is InChI=1S/C15H23N3O2/c1-15(10-16-11-15)20-9-14(19)17-8-12-4-6-13(7-5-12)18(2)3/h4-7,16H,8-11H2,1-3H3,(H,17,19). The highest BCUT2D eigenvalue weighted by atomic mass is 16.5. The van der Waals surface area contributed by atoms with Crippen LogP contribution >= 0.6 is 0 Å². The van der Waals surface area contributed by atoms with Crippen molar-refractivity contribution in [2.24, 2.45) is 0 Å². The number of benzene rings is 1. The van der Waals surface area contributed by atoms with Gasteiger partial charge in [-0.25, -0.2) is 0 Å². The van der Waals surface area contributed by atoms with Crippen molar-refractivity contribution in [2.75, 3.05) is 38.7 Å². The summed E-state index contributed by atoms with van der Waals surface area (Å²) in [4.78, 5) is 13.8. The minimum atomic E-state index is -0.176. The fourth-order valence-electron chi connectivity index (χ4n) is 1.98. The molecule has 1 aliphatic rings. The Balaban J connectivity index is 1.72. The summed E-state index contributed by atoms with van der Waals surface area (Å²) in [6.07, 6.45) is 0. The predicted octanol–water partition coefficient (Wildman–Crippen LogP) is 0.747. The van der Waals surface area contributed by atoms with Gasteiger partial charge in [0.1, 0.15) is 6.61 Å². The lowest BCUT2D eigenvalue weighted by molar-refractivity contribution is -0.136. The smallest absolute Gasteiger partial charge is 0.246 e. The van der Waals surface area contributed by atoms with E-state index in [2.05, 4.69) is 10.6 Å². The second-order valence-corrected chi connectivity index (χ2v) is 5.68. The van der Waals surface area contributed by atoms with Crippen molar-refractivity contribution in [1.29, 1.82) is 0 Å². The fraction of sp³-hybridized carbons (Fsp3) is 0.533. The fourth-order valence-corrected chi connectivity index (χ4v) is 1.98. The highest BCUT2D eigenvalue weighted by Gasteiger charge is 2.32. The van der Waals surface area contributed by atoms with Gasteiger partial charge >= 0.3 is 0 Å². The number of nitrogens with zero attached hydrogens (tertiary/aromatic N) is 1. The van der Waals surface area contributed by atoms with Gasteiger partial charge in [0.2, 0.25) is 5.91 Å². The molecule has 0 aromatic heterocycles. The van der Waals surface area contributed by atoms with Crippen molar-refractivity contribution >= 4 is 11.6 Å². The molecule has 1 aliphatic heterocycles. The third-order valence-corrected chi connectivity index (χ3v) is 3.49. The van der Waals surface area contributed by atoms with E-state index < -0.39 is 0 Å². The van der Waals surface area contributed by atoms with Crippen LogP contribution in [0.2, 0.25) is 0 Å². The molecule has 1 aromatic carbocycles. The highest BCUT2D eigenvalue weighted by molar-refractivity contribution is 5.77. The molecule has 5 heteroatoms. The van der Waals surface area contributed by atoms with Crippen LogP contribution in [0.1, 0.15) is 12.5 Å². The summed E-state index contributed by atoms with van der Waals surface area (Å²) >= 11 is 0. The molecule has 0 saturated carbocycles. The maximum Gasteiger partial charge on any atom is 0.246 e. The summed E-state index contributed by atoms with van der Waals surface area (Å²) in [6, 6.07) is 8.12. The number of nitrogens with one attached hydrogen (secondary N) is 2. The normalized spacial score (nSPS) is 16.4. The van der Waals surface area contributed by atoms with E-state index in [1.165, 1.54) is 0 Å². The summed E-state index contributed by atoms with van der Waals surface area (Å²) in [5.74, 6) is -0.0742. The second-order valence-electron chi connectivity index (χ2n) is 5.68. The van der Waals surface area contributed by atoms with Crippen LogP contribution in [0.15, 0.2) is 24.3 Å². The zero-order chi connectivity index (χ0) is 14.6. The predicted molar refractivity (Wildman–Crippen MR) is 79.8 cm³/mol. The van der Waals surface area contributed by atoms with Crippen LogP contribution < -0.4 is 15.5 Å². The van der Waals surface area contributed by atoms with E-state index in [1.807, 2.05) is 50.2 Å². The first-order valence-electron chi connectivity index (χ1n) is 6.86. The van der Waals surface area contributed by atoms with E-state index in [0.717, 1.165) is 24.3 Å². The first-order valence-corrected chi connectivity index (χ1v) is 6.86. The summed E-state index contributed by atoms with van der Waals surface area (Å²) in [5.41, 5.74) is 2.05. The Morgan fingerprint density at radius 3 is 2.50 bits per heavy atom. The molecule has 0 spiro atoms. The first-order chi connectivity index (χ1) is 9.48. The minimum Gasteiger partial charge on any atom is -0.378 e. The number of anilines is 1. The van der Waals surface area contributed by atoms with Gasteiger partial charge in [-0.1, -0.05) is 12.1 Å². The zero-order valence-corrected chi connectivity index (χ0v) is 12.4. The van der Waals surface area contributed by atoms with Crippen LogP contribution in [0.4, 0.5) is 5.69 Å². The van der Waals surface area contributed by atoms with Gasteiger partial charge in [-0.2, -0.15) is 0 Å². The van der Waals surface area contributed by atoms with Gasteiger partial charge < -0.3 is 20.3 Å². The molecule has 1 saturated heterocycles. The highest BCUT2D eigenvalue weighted by Crippen LogP contribution is 2.15. The van der Waals surface area contributed by atoms with Crippen molar-refractivity contribution in [3.05, 3.63) is 29.8 Å². The Labute approximate surface area is 120 Å². The SMILES string of the molecule is CN(C)c1ccc(CNC(=O)COC2(C)CNC2)cc1. The van der Waals surface area contributed by atoms with E-state index in [-0.39, 0.29) is 18.1 Å². The molecule has 0 aliphatic carbocycles. The first kappa shape index (κ1) is 14.8. The molecule has 0 atom stereocenters. The van der Waals surface area contributed by atoms with Gasteiger partial charge in [-0.15, -0.1) is 0 Å². The number of hydrogen-bond acceptors (Lipinski definition) is 4. The molecular formula is C15H23N3O2. The van der Waals surface area contributed by atoms with Crippen LogP contribution in [0, 0.1) is 0 Å². The van der Waals surface area contributed by atoms with Crippen molar-refractivity contribution in [3.8, 4) is 0 Å². The number of hydrogen-bond donors (Lipinski definition) is 2. The summed E-state index contributed by atoms with van der Waals surface area (Å²) < 4.78 is 5.59. The average Bonchev–Trinajstić information content (AvgIpc) is 2.41. The number of amides is 1. The van der Waals surface area contributed by atoms with Gasteiger partial charge in [0.25, 0.3) is 0 Å². The van der Waals surface area contributed by atoms with Crippen LogP contribution in [-0.2, 0) is 16.1 Å². The van der Waals surface area contributed by atoms with Crippen molar-refractivity contribution in [2.45, 2.75) is 19.1 Å². The Hall–Kier alpha value is -1.59. The number of rotatable bonds is 6. The van der Waals surface area contributed by atoms with E-state index >= 15 is 0 Å². The maximum atomic E-state index is 11.7. The van der Waals surface area contributed by atoms with E-state index in [9.17, 15) is 4.79 Å². The molecule has 1 heterocycles. The van der Waals surface area contributed by atoms with Crippen molar-refractivity contribution < 1.29 is 9.53 Å². The number of carbonyl (C=O) groups excluding carboxylic acids is 1. The molecule has 1 amide bonds. The zero-order valence-electron chi connectivity index (χ0n) is 12.4. The van der Waals surface area contributed by atoms with Crippen LogP contribution in [0.5, 0.6) is 0 Å². The van der Waals surface area contributed by atoms with E-state index in [1.54, 1.807) is 0 Å². The molecule has 5 nitrogen and oxygen atoms in total. The van der Waals surface area contributed by atoms with Crippen LogP contribution in [-0.4, -0.2) is 45.3 Å². The van der Waals surface area contributed by atoms with E-state index in [0.29, 0.717) is 6.54 Å². The number of ether oxygens (including phenoxy) is 1. The topological polar surface area (TPSA) is 53.6 Å². The molecule has 0 radical (unpaired) electrons. The van der Waals surface area contributed by atoms with E-state index in [4.69, 9.17) is 4.74 Å². The minimum absolute atomic E-state index is 0.0742. The molecule has 0 bridgehead atoms. The lowest BCUT2D eigenvalue weighted by Gasteiger charge is -2.38. The molecular weight excluding hydrogens is 254 g/mol. The lowest BCUT2D eigenvalue weighted by Crippen LogP contribution is -2.59. The Morgan fingerprint density at radius 1 is 1.35 bits per heavy atom. The monoisotopic (exact) mass is 277 g/mol.